The highest BCUT2D eigenvalue weighted by Gasteiger charge is 2.45. The minimum absolute atomic E-state index is 0.00754. The predicted octanol–water partition coefficient (Wildman–Crippen LogP) is 0.880. The Labute approximate surface area is 118 Å². The minimum atomic E-state index is -0.651. The summed E-state index contributed by atoms with van der Waals surface area (Å²) in [5.74, 6) is -0.00754. The van der Waals surface area contributed by atoms with Crippen LogP contribution in [0.25, 0.3) is 0 Å². The molecule has 0 spiro atoms. The summed E-state index contributed by atoms with van der Waals surface area (Å²) >= 11 is 0. The van der Waals surface area contributed by atoms with Crippen LogP contribution in [-0.2, 0) is 16.1 Å². The maximum Gasteiger partial charge on any atom is 0.232 e. The highest BCUT2D eigenvalue weighted by atomic mass is 16.5. The third kappa shape index (κ3) is 2.67. The first-order valence-corrected chi connectivity index (χ1v) is 6.55. The lowest BCUT2D eigenvalue weighted by molar-refractivity contribution is -0.140. The molecule has 1 amide bonds. The van der Waals surface area contributed by atoms with Gasteiger partial charge in [0.2, 0.25) is 5.91 Å². The van der Waals surface area contributed by atoms with Crippen LogP contribution >= 0.6 is 0 Å². The summed E-state index contributed by atoms with van der Waals surface area (Å²) in [5.41, 5.74) is 6.92. The number of rotatable bonds is 3. The van der Waals surface area contributed by atoms with Crippen LogP contribution in [0.4, 0.5) is 0 Å². The molecule has 1 aliphatic heterocycles. The number of nitrogens with two attached hydrogens (primary N) is 1. The fourth-order valence-electron chi connectivity index (χ4n) is 2.38. The lowest BCUT2D eigenvalue weighted by Gasteiger charge is -2.30. The van der Waals surface area contributed by atoms with E-state index in [0.717, 1.165) is 5.56 Å². The Hall–Kier alpha value is -1.90. The van der Waals surface area contributed by atoms with E-state index < -0.39 is 5.41 Å². The molecule has 5 nitrogen and oxygen atoms in total. The number of nitriles is 1. The molecule has 0 bridgehead atoms. The van der Waals surface area contributed by atoms with Gasteiger partial charge in [0, 0.05) is 19.6 Å². The van der Waals surface area contributed by atoms with E-state index in [0.29, 0.717) is 25.3 Å². The lowest BCUT2D eigenvalue weighted by Crippen LogP contribution is -2.50. The molecule has 1 heterocycles. The molecule has 20 heavy (non-hydrogen) atoms. The Kier molecular flexibility index (Phi) is 4.07. The zero-order valence-corrected chi connectivity index (χ0v) is 11.8. The number of hydrogen-bond donors (Lipinski definition) is 1. The Morgan fingerprint density at radius 2 is 2.20 bits per heavy atom. The van der Waals surface area contributed by atoms with Crippen LogP contribution in [0.2, 0.25) is 0 Å². The predicted molar refractivity (Wildman–Crippen MR) is 74.5 cm³/mol. The zero-order chi connectivity index (χ0) is 14.8. The van der Waals surface area contributed by atoms with Crippen LogP contribution < -0.4 is 5.73 Å². The molecule has 1 aromatic rings. The number of carbonyl (C=O) groups is 1. The average Bonchev–Trinajstić information content (AvgIpc) is 2.79. The number of nitrogens with zero attached hydrogens (tertiary/aromatic N) is 2. The first-order valence-electron chi connectivity index (χ1n) is 6.55. The van der Waals surface area contributed by atoms with Crippen molar-refractivity contribution in [2.45, 2.75) is 19.5 Å². The van der Waals surface area contributed by atoms with Crippen LogP contribution in [-0.4, -0.2) is 37.1 Å². The van der Waals surface area contributed by atoms with Crippen molar-refractivity contribution in [1.82, 2.24) is 4.90 Å². The van der Waals surface area contributed by atoms with E-state index in [2.05, 4.69) is 6.07 Å². The van der Waals surface area contributed by atoms with Gasteiger partial charge < -0.3 is 15.4 Å². The molecule has 2 rings (SSSR count). The summed E-state index contributed by atoms with van der Waals surface area (Å²) in [6, 6.07) is 9.02. The Bertz CT molecular complexity index is 535. The Balaban J connectivity index is 2.06. The van der Waals surface area contributed by atoms with Gasteiger partial charge in [-0.3, -0.25) is 4.79 Å². The van der Waals surface area contributed by atoms with Crippen molar-refractivity contribution in [3.05, 3.63) is 35.4 Å². The summed E-state index contributed by atoms with van der Waals surface area (Å²) in [6.07, 6.45) is 0. The van der Waals surface area contributed by atoms with Gasteiger partial charge in [-0.25, -0.2) is 0 Å². The standard InChI is InChI=1S/C15H19N3O2/c1-15(10-20-9-13(15)17)14(19)18(2)8-12-5-3-11(7-16)4-6-12/h3-6,13H,8-10,17H2,1-2H3. The molecule has 1 aromatic carbocycles. The molecule has 2 atom stereocenters. The molecule has 1 saturated heterocycles. The second-order valence-electron chi connectivity index (χ2n) is 5.51. The summed E-state index contributed by atoms with van der Waals surface area (Å²) in [7, 11) is 1.76. The van der Waals surface area contributed by atoms with Crippen LogP contribution in [0, 0.1) is 16.7 Å². The minimum Gasteiger partial charge on any atom is -0.379 e. The van der Waals surface area contributed by atoms with Gasteiger partial charge in [-0.15, -0.1) is 0 Å². The zero-order valence-electron chi connectivity index (χ0n) is 11.8. The molecule has 0 aliphatic carbocycles. The van der Waals surface area contributed by atoms with Gasteiger partial charge in [0.15, 0.2) is 0 Å². The van der Waals surface area contributed by atoms with Crippen molar-refractivity contribution < 1.29 is 9.53 Å². The normalized spacial score (nSPS) is 25.2. The second kappa shape index (κ2) is 5.61. The van der Waals surface area contributed by atoms with Crippen molar-refractivity contribution >= 4 is 5.91 Å². The van der Waals surface area contributed by atoms with E-state index in [9.17, 15) is 4.79 Å². The fourth-order valence-corrected chi connectivity index (χ4v) is 2.38. The average molecular weight is 273 g/mol. The molecule has 0 saturated carbocycles. The number of amides is 1. The van der Waals surface area contributed by atoms with Gasteiger partial charge in [0.1, 0.15) is 0 Å². The molecule has 1 aliphatic rings. The van der Waals surface area contributed by atoms with Crippen LogP contribution in [0.15, 0.2) is 24.3 Å². The molecule has 0 radical (unpaired) electrons. The summed E-state index contributed by atoms with van der Waals surface area (Å²) in [6.45, 7) is 3.13. The van der Waals surface area contributed by atoms with Crippen LogP contribution in [0.5, 0.6) is 0 Å². The van der Waals surface area contributed by atoms with Crippen molar-refractivity contribution in [2.24, 2.45) is 11.1 Å². The van der Waals surface area contributed by atoms with E-state index in [1.807, 2.05) is 19.1 Å². The molecular formula is C15H19N3O2. The SMILES string of the molecule is CN(Cc1ccc(C#N)cc1)C(=O)C1(C)COCC1N. The van der Waals surface area contributed by atoms with Crippen molar-refractivity contribution in [3.8, 4) is 6.07 Å². The Morgan fingerprint density at radius 1 is 1.55 bits per heavy atom. The van der Waals surface area contributed by atoms with Crippen molar-refractivity contribution in [2.75, 3.05) is 20.3 Å². The summed E-state index contributed by atoms with van der Waals surface area (Å²) < 4.78 is 5.32. The molecule has 1 fully saturated rings. The molecule has 2 unspecified atom stereocenters. The van der Waals surface area contributed by atoms with E-state index >= 15 is 0 Å². The third-order valence-electron chi connectivity index (χ3n) is 3.86. The molecule has 0 aromatic heterocycles. The van der Waals surface area contributed by atoms with Gasteiger partial charge in [0.25, 0.3) is 0 Å². The topological polar surface area (TPSA) is 79.3 Å². The molecule has 5 heteroatoms. The number of benzene rings is 1. The second-order valence-corrected chi connectivity index (χ2v) is 5.51. The van der Waals surface area contributed by atoms with Gasteiger partial charge >= 0.3 is 0 Å². The lowest BCUT2D eigenvalue weighted by atomic mass is 9.84. The molecular weight excluding hydrogens is 254 g/mol. The highest BCUT2D eigenvalue weighted by Crippen LogP contribution is 2.29. The van der Waals surface area contributed by atoms with Crippen molar-refractivity contribution in [3.63, 3.8) is 0 Å². The first kappa shape index (κ1) is 14.5. The number of hydrogen-bond acceptors (Lipinski definition) is 4. The molecule has 106 valence electrons. The summed E-state index contributed by atoms with van der Waals surface area (Å²) in [5, 5.41) is 8.76. The maximum absolute atomic E-state index is 12.5. The maximum atomic E-state index is 12.5. The van der Waals surface area contributed by atoms with Gasteiger partial charge in [0.05, 0.1) is 30.3 Å². The largest absolute Gasteiger partial charge is 0.379 e. The monoisotopic (exact) mass is 273 g/mol. The number of carbonyl (C=O) groups excluding carboxylic acids is 1. The smallest absolute Gasteiger partial charge is 0.232 e. The summed E-state index contributed by atoms with van der Waals surface area (Å²) in [4.78, 5) is 14.2. The van der Waals surface area contributed by atoms with Crippen molar-refractivity contribution in [1.29, 1.82) is 5.26 Å². The first-order chi connectivity index (χ1) is 9.47. The van der Waals surface area contributed by atoms with Gasteiger partial charge in [-0.05, 0) is 24.6 Å². The third-order valence-corrected chi connectivity index (χ3v) is 3.86. The van der Waals surface area contributed by atoms with E-state index in [1.165, 1.54) is 0 Å². The van der Waals surface area contributed by atoms with E-state index in [1.54, 1.807) is 24.1 Å². The highest BCUT2D eigenvalue weighted by molar-refractivity contribution is 5.83. The van der Waals surface area contributed by atoms with E-state index in [-0.39, 0.29) is 11.9 Å². The quantitative estimate of drug-likeness (QED) is 0.886. The fraction of sp³-hybridized carbons (Fsp3) is 0.467. The molecule has 2 N–H and O–H groups in total. The van der Waals surface area contributed by atoms with Crippen LogP contribution in [0.3, 0.4) is 0 Å². The van der Waals surface area contributed by atoms with Gasteiger partial charge in [-0.1, -0.05) is 12.1 Å². The Morgan fingerprint density at radius 3 is 2.70 bits per heavy atom. The van der Waals surface area contributed by atoms with Gasteiger partial charge in [-0.2, -0.15) is 5.26 Å². The van der Waals surface area contributed by atoms with E-state index in [4.69, 9.17) is 15.7 Å². The van der Waals surface area contributed by atoms with Crippen LogP contribution in [0.1, 0.15) is 18.1 Å². The number of ether oxygens (including phenoxy) is 1.